The van der Waals surface area contributed by atoms with Crippen molar-refractivity contribution in [2.24, 2.45) is 5.84 Å². The van der Waals surface area contributed by atoms with Crippen molar-refractivity contribution in [2.75, 3.05) is 0 Å². The van der Waals surface area contributed by atoms with Gasteiger partial charge in [0.25, 0.3) is 0 Å². The number of rotatable bonds is 12. The normalized spacial score (nSPS) is 13.0. The minimum absolute atomic E-state index is 0.211. The van der Waals surface area contributed by atoms with Gasteiger partial charge in [0, 0.05) is 0 Å². The number of unbranched alkanes of at least 4 members (excludes halogenated alkanes) is 7. The zero-order valence-corrected chi connectivity index (χ0v) is 14.7. The van der Waals surface area contributed by atoms with E-state index in [2.05, 4.69) is 35.8 Å². The summed E-state index contributed by atoms with van der Waals surface area (Å²) in [5, 5.41) is 4.24. The van der Waals surface area contributed by atoms with Crippen LogP contribution in [-0.2, 0) is 0 Å². The fraction of sp³-hybridized carbons (Fsp3) is 0.875. The molecule has 4 nitrogen and oxygen atoms in total. The predicted octanol–water partition coefficient (Wildman–Crippen LogP) is 4.70. The molecule has 0 bridgehead atoms. The standard InChI is InChI=1S/C16H32N4S/c1-4-5-6-7-8-9-10-11-12-14(18-17)16-15(13(2)3)19-20-21-16/h13-14,18H,4-12,17H2,1-3H3. The van der Waals surface area contributed by atoms with E-state index >= 15 is 0 Å². The smallest absolute Gasteiger partial charge is 0.0829 e. The first-order valence-corrected chi connectivity index (χ1v) is 9.26. The molecule has 21 heavy (non-hydrogen) atoms. The zero-order chi connectivity index (χ0) is 15.5. The van der Waals surface area contributed by atoms with Gasteiger partial charge in [-0.3, -0.25) is 11.3 Å². The van der Waals surface area contributed by atoms with E-state index in [0.717, 1.165) is 12.1 Å². The van der Waals surface area contributed by atoms with Crippen molar-refractivity contribution >= 4 is 11.5 Å². The van der Waals surface area contributed by atoms with Crippen molar-refractivity contribution in [2.45, 2.75) is 90.5 Å². The highest BCUT2D eigenvalue weighted by Gasteiger charge is 2.19. The molecule has 1 atom stereocenters. The van der Waals surface area contributed by atoms with Gasteiger partial charge >= 0.3 is 0 Å². The SMILES string of the molecule is CCCCCCCCCCC(NN)c1snnc1C(C)C. The first-order valence-electron chi connectivity index (χ1n) is 8.49. The van der Waals surface area contributed by atoms with E-state index in [4.69, 9.17) is 5.84 Å². The van der Waals surface area contributed by atoms with E-state index in [1.54, 1.807) is 0 Å². The Morgan fingerprint density at radius 2 is 1.67 bits per heavy atom. The fourth-order valence-corrected chi connectivity index (χ4v) is 3.52. The zero-order valence-electron chi connectivity index (χ0n) is 13.9. The van der Waals surface area contributed by atoms with E-state index in [1.807, 2.05) is 0 Å². The lowest BCUT2D eigenvalue weighted by molar-refractivity contribution is 0.476. The van der Waals surface area contributed by atoms with Gasteiger partial charge < -0.3 is 0 Å². The molecule has 0 aliphatic rings. The van der Waals surface area contributed by atoms with E-state index in [1.165, 1.54) is 67.8 Å². The molecular weight excluding hydrogens is 280 g/mol. The summed E-state index contributed by atoms with van der Waals surface area (Å²) in [5.41, 5.74) is 4.05. The third kappa shape index (κ3) is 6.85. The van der Waals surface area contributed by atoms with Crippen LogP contribution in [0.1, 0.15) is 101 Å². The Labute approximate surface area is 134 Å². The monoisotopic (exact) mass is 312 g/mol. The summed E-state index contributed by atoms with van der Waals surface area (Å²) in [6, 6.07) is 0.211. The Balaban J connectivity index is 2.24. The van der Waals surface area contributed by atoms with E-state index in [0.29, 0.717) is 5.92 Å². The number of hydrogen-bond donors (Lipinski definition) is 2. The molecule has 0 saturated heterocycles. The summed E-state index contributed by atoms with van der Waals surface area (Å²) < 4.78 is 4.09. The lowest BCUT2D eigenvalue weighted by Crippen LogP contribution is -2.28. The third-order valence-electron chi connectivity index (χ3n) is 3.95. The van der Waals surface area contributed by atoms with Crippen molar-refractivity contribution < 1.29 is 0 Å². The number of nitrogens with one attached hydrogen (secondary N) is 1. The van der Waals surface area contributed by atoms with Gasteiger partial charge in [-0.05, 0) is 23.9 Å². The molecule has 0 spiro atoms. The number of aromatic nitrogens is 2. The Hall–Kier alpha value is -0.520. The molecule has 3 N–H and O–H groups in total. The lowest BCUT2D eigenvalue weighted by Gasteiger charge is -2.16. The number of hydrogen-bond acceptors (Lipinski definition) is 5. The molecule has 5 heteroatoms. The molecule has 1 rings (SSSR count). The molecule has 1 aromatic heterocycles. The van der Waals surface area contributed by atoms with Crippen LogP contribution < -0.4 is 11.3 Å². The maximum absolute atomic E-state index is 5.73. The number of nitrogens with zero attached hydrogens (tertiary/aromatic N) is 2. The van der Waals surface area contributed by atoms with Crippen LogP contribution in [-0.4, -0.2) is 9.59 Å². The van der Waals surface area contributed by atoms with Gasteiger partial charge in [-0.15, -0.1) is 5.10 Å². The Bertz CT molecular complexity index is 365. The second-order valence-corrected chi connectivity index (χ2v) is 6.95. The minimum atomic E-state index is 0.211. The van der Waals surface area contributed by atoms with Crippen LogP contribution in [0, 0.1) is 0 Å². The molecule has 1 heterocycles. The van der Waals surface area contributed by atoms with Crippen LogP contribution in [0.5, 0.6) is 0 Å². The first kappa shape index (κ1) is 18.5. The molecule has 1 aromatic rings. The lowest BCUT2D eigenvalue weighted by atomic mass is 10.0. The second-order valence-electron chi connectivity index (χ2n) is 6.16. The average Bonchev–Trinajstić information content (AvgIpc) is 2.95. The van der Waals surface area contributed by atoms with Crippen LogP contribution in [0.15, 0.2) is 0 Å². The van der Waals surface area contributed by atoms with Gasteiger partial charge in [-0.25, -0.2) is 0 Å². The topological polar surface area (TPSA) is 63.8 Å². The van der Waals surface area contributed by atoms with Gasteiger partial charge in [-0.2, -0.15) is 0 Å². The summed E-state index contributed by atoms with van der Waals surface area (Å²) in [6.07, 6.45) is 11.8. The summed E-state index contributed by atoms with van der Waals surface area (Å²) in [7, 11) is 0. The van der Waals surface area contributed by atoms with Gasteiger partial charge in [0.15, 0.2) is 0 Å². The summed E-state index contributed by atoms with van der Waals surface area (Å²) >= 11 is 1.48. The Morgan fingerprint density at radius 3 is 2.24 bits per heavy atom. The molecule has 0 aromatic carbocycles. The maximum atomic E-state index is 5.73. The van der Waals surface area contributed by atoms with E-state index < -0.39 is 0 Å². The summed E-state index contributed by atoms with van der Waals surface area (Å²) in [4.78, 5) is 1.22. The van der Waals surface area contributed by atoms with Crippen LogP contribution in [0.4, 0.5) is 0 Å². The van der Waals surface area contributed by atoms with Gasteiger partial charge in [0.2, 0.25) is 0 Å². The Morgan fingerprint density at radius 1 is 1.05 bits per heavy atom. The van der Waals surface area contributed by atoms with Crippen molar-refractivity contribution in [3.8, 4) is 0 Å². The predicted molar refractivity (Wildman–Crippen MR) is 91.3 cm³/mol. The fourth-order valence-electron chi connectivity index (χ4n) is 2.62. The highest BCUT2D eigenvalue weighted by Crippen LogP contribution is 2.29. The molecule has 0 amide bonds. The second kappa shape index (κ2) is 11.1. The molecule has 0 radical (unpaired) electrons. The van der Waals surface area contributed by atoms with Gasteiger partial charge in [-0.1, -0.05) is 76.6 Å². The first-order chi connectivity index (χ1) is 10.2. The van der Waals surface area contributed by atoms with E-state index in [-0.39, 0.29) is 6.04 Å². The molecule has 1 unspecified atom stereocenters. The molecule has 0 fully saturated rings. The number of hydrazine groups is 1. The third-order valence-corrected chi connectivity index (χ3v) is 4.80. The Kier molecular flexibility index (Phi) is 9.79. The maximum Gasteiger partial charge on any atom is 0.0829 e. The summed E-state index contributed by atoms with van der Waals surface area (Å²) in [6.45, 7) is 6.58. The molecule has 0 aliphatic heterocycles. The largest absolute Gasteiger partial charge is 0.271 e. The van der Waals surface area contributed by atoms with E-state index in [9.17, 15) is 0 Å². The molecule has 0 saturated carbocycles. The van der Waals surface area contributed by atoms with Crippen LogP contribution >= 0.6 is 11.5 Å². The number of nitrogens with two attached hydrogens (primary N) is 1. The minimum Gasteiger partial charge on any atom is -0.271 e. The highest BCUT2D eigenvalue weighted by atomic mass is 32.1. The van der Waals surface area contributed by atoms with Crippen molar-refractivity contribution in [1.29, 1.82) is 0 Å². The van der Waals surface area contributed by atoms with Crippen molar-refractivity contribution in [3.63, 3.8) is 0 Å². The van der Waals surface area contributed by atoms with Crippen LogP contribution in [0.3, 0.4) is 0 Å². The average molecular weight is 313 g/mol. The molecular formula is C16H32N4S. The van der Waals surface area contributed by atoms with Gasteiger partial charge in [0.05, 0.1) is 16.6 Å². The van der Waals surface area contributed by atoms with Crippen molar-refractivity contribution in [1.82, 2.24) is 15.0 Å². The summed E-state index contributed by atoms with van der Waals surface area (Å²) in [5.74, 6) is 6.14. The van der Waals surface area contributed by atoms with Crippen molar-refractivity contribution in [3.05, 3.63) is 10.6 Å². The van der Waals surface area contributed by atoms with Crippen LogP contribution in [0.25, 0.3) is 0 Å². The molecule has 122 valence electrons. The quantitative estimate of drug-likeness (QED) is 0.334. The highest BCUT2D eigenvalue weighted by molar-refractivity contribution is 7.05. The molecule has 0 aliphatic carbocycles. The van der Waals surface area contributed by atoms with Gasteiger partial charge in [0.1, 0.15) is 0 Å². The van der Waals surface area contributed by atoms with Crippen LogP contribution in [0.2, 0.25) is 0 Å².